The van der Waals surface area contributed by atoms with E-state index in [1.165, 1.54) is 0 Å². The smallest absolute Gasteiger partial charge is 0.306 e. The van der Waals surface area contributed by atoms with Crippen LogP contribution >= 0.6 is 0 Å². The van der Waals surface area contributed by atoms with Crippen LogP contribution in [-0.4, -0.2) is 34.2 Å². The van der Waals surface area contributed by atoms with Crippen LogP contribution in [0.15, 0.2) is 23.0 Å². The summed E-state index contributed by atoms with van der Waals surface area (Å²) >= 11 is 0. The number of rotatable bonds is 5. The van der Waals surface area contributed by atoms with Crippen LogP contribution in [-0.2, 0) is 11.3 Å². The highest BCUT2D eigenvalue weighted by Crippen LogP contribution is 2.11. The lowest BCUT2D eigenvalue weighted by Gasteiger charge is -2.14. The van der Waals surface area contributed by atoms with E-state index < -0.39 is 0 Å². The topological polar surface area (TPSA) is 92.8 Å². The highest BCUT2D eigenvalue weighted by Gasteiger charge is 2.07. The first-order valence-electron chi connectivity index (χ1n) is 5.86. The molecular weight excluding hydrogens is 244 g/mol. The fourth-order valence-electron chi connectivity index (χ4n) is 1.99. The number of H-pyrrole nitrogens is 2. The summed E-state index contributed by atoms with van der Waals surface area (Å²) < 4.78 is 0. The van der Waals surface area contributed by atoms with Crippen LogP contribution in [0, 0.1) is 11.3 Å². The zero-order valence-electron chi connectivity index (χ0n) is 10.6. The zero-order chi connectivity index (χ0) is 13.8. The van der Waals surface area contributed by atoms with Gasteiger partial charge >= 0.3 is 5.69 Å². The number of imidazole rings is 1. The van der Waals surface area contributed by atoms with Crippen LogP contribution in [0.4, 0.5) is 0 Å². The van der Waals surface area contributed by atoms with E-state index in [2.05, 4.69) is 9.97 Å². The molecule has 0 saturated heterocycles. The van der Waals surface area contributed by atoms with Gasteiger partial charge in [0.2, 0.25) is 0 Å². The van der Waals surface area contributed by atoms with Gasteiger partial charge in [-0.15, -0.1) is 0 Å². The Bertz CT molecular complexity index is 692. The van der Waals surface area contributed by atoms with E-state index in [9.17, 15) is 9.59 Å². The Balaban J connectivity index is 2.06. The third-order valence-electron chi connectivity index (χ3n) is 2.76. The molecule has 6 nitrogen and oxygen atoms in total. The lowest BCUT2D eigenvalue weighted by Crippen LogP contribution is -2.25. The van der Waals surface area contributed by atoms with E-state index in [0.29, 0.717) is 6.54 Å². The van der Waals surface area contributed by atoms with E-state index in [-0.39, 0.29) is 24.4 Å². The second-order valence-electron chi connectivity index (χ2n) is 4.50. The largest absolute Gasteiger partial charge is 0.323 e. The summed E-state index contributed by atoms with van der Waals surface area (Å²) in [7, 11) is 1.82. The number of nitrogens with one attached hydrogen (secondary N) is 2. The zero-order valence-corrected chi connectivity index (χ0v) is 10.6. The van der Waals surface area contributed by atoms with Gasteiger partial charge in [-0.05, 0) is 24.7 Å². The molecule has 98 valence electrons. The predicted molar refractivity (Wildman–Crippen MR) is 70.5 cm³/mol. The number of hydrogen-bond donors (Lipinski definition) is 2. The number of ketones is 1. The van der Waals surface area contributed by atoms with Crippen molar-refractivity contribution in [1.82, 2.24) is 14.9 Å². The van der Waals surface area contributed by atoms with Crippen molar-refractivity contribution in [2.24, 2.45) is 0 Å². The molecule has 0 atom stereocenters. The second kappa shape index (κ2) is 5.50. The number of likely N-dealkylation sites (N-methyl/N-ethyl adjacent to an activating group) is 1. The third-order valence-corrected chi connectivity index (χ3v) is 2.76. The molecule has 0 bridgehead atoms. The molecule has 0 aliphatic rings. The van der Waals surface area contributed by atoms with Crippen molar-refractivity contribution in [2.45, 2.75) is 13.0 Å². The molecule has 0 amide bonds. The van der Waals surface area contributed by atoms with E-state index >= 15 is 0 Å². The fourth-order valence-corrected chi connectivity index (χ4v) is 1.99. The molecule has 1 aromatic heterocycles. The lowest BCUT2D eigenvalue weighted by molar-refractivity contribution is -0.119. The van der Waals surface area contributed by atoms with Crippen molar-refractivity contribution in [3.63, 3.8) is 0 Å². The van der Waals surface area contributed by atoms with Crippen LogP contribution < -0.4 is 5.69 Å². The van der Waals surface area contributed by atoms with E-state index in [1.807, 2.05) is 36.2 Å². The Hall–Kier alpha value is -2.39. The summed E-state index contributed by atoms with van der Waals surface area (Å²) in [6.07, 6.45) is -0.0610. The molecule has 0 radical (unpaired) electrons. The number of benzene rings is 1. The Morgan fingerprint density at radius 3 is 2.84 bits per heavy atom. The van der Waals surface area contributed by atoms with Crippen molar-refractivity contribution in [3.05, 3.63) is 34.2 Å². The summed E-state index contributed by atoms with van der Waals surface area (Å²) in [4.78, 5) is 29.7. The molecule has 0 unspecified atom stereocenters. The molecule has 1 aromatic carbocycles. The van der Waals surface area contributed by atoms with E-state index in [1.54, 1.807) is 0 Å². The average molecular weight is 258 g/mol. The first kappa shape index (κ1) is 13.1. The minimum Gasteiger partial charge on any atom is -0.306 e. The number of nitrogens with zero attached hydrogens (tertiary/aromatic N) is 2. The quantitative estimate of drug-likeness (QED) is 0.828. The van der Waals surface area contributed by atoms with Crippen molar-refractivity contribution < 1.29 is 4.79 Å². The van der Waals surface area contributed by atoms with Gasteiger partial charge in [-0.1, -0.05) is 6.07 Å². The number of hydrogen-bond acceptors (Lipinski definition) is 4. The monoisotopic (exact) mass is 258 g/mol. The molecule has 1 heterocycles. The number of aromatic nitrogens is 2. The van der Waals surface area contributed by atoms with Gasteiger partial charge in [-0.25, -0.2) is 4.79 Å². The van der Waals surface area contributed by atoms with Crippen molar-refractivity contribution in [1.29, 1.82) is 5.26 Å². The summed E-state index contributed by atoms with van der Waals surface area (Å²) in [5.41, 5.74) is 2.27. The van der Waals surface area contributed by atoms with Gasteiger partial charge in [0.25, 0.3) is 0 Å². The summed E-state index contributed by atoms with van der Waals surface area (Å²) in [5.74, 6) is -0.0962. The summed E-state index contributed by atoms with van der Waals surface area (Å²) in [6, 6.07) is 7.44. The minimum atomic E-state index is -0.232. The van der Waals surface area contributed by atoms with Crippen LogP contribution in [0.1, 0.15) is 12.0 Å². The molecule has 0 aliphatic heterocycles. The Kier molecular flexibility index (Phi) is 3.78. The van der Waals surface area contributed by atoms with Gasteiger partial charge in [0, 0.05) is 6.54 Å². The number of Topliss-reactive ketones (excluding diaryl/α,β-unsaturated/α-hetero) is 1. The molecule has 6 heteroatoms. The highest BCUT2D eigenvalue weighted by molar-refractivity contribution is 5.82. The van der Waals surface area contributed by atoms with Crippen LogP contribution in [0.3, 0.4) is 0 Å². The normalized spacial score (nSPS) is 10.8. The van der Waals surface area contributed by atoms with Gasteiger partial charge in [0.05, 0.1) is 30.1 Å². The maximum Gasteiger partial charge on any atom is 0.323 e. The highest BCUT2D eigenvalue weighted by atomic mass is 16.1. The molecule has 0 fully saturated rings. The molecule has 2 rings (SSSR count). The van der Waals surface area contributed by atoms with E-state index in [4.69, 9.17) is 5.26 Å². The van der Waals surface area contributed by atoms with Gasteiger partial charge < -0.3 is 9.97 Å². The number of aromatic amines is 2. The van der Waals surface area contributed by atoms with Gasteiger partial charge in [0.15, 0.2) is 5.78 Å². The maximum absolute atomic E-state index is 11.3. The Labute approximate surface area is 109 Å². The number of fused-ring (bicyclic) bond motifs is 1. The molecular formula is C13H14N4O2. The number of carbonyl (C=O) groups excluding carboxylic acids is 1. The Morgan fingerprint density at radius 1 is 1.37 bits per heavy atom. The SMILES string of the molecule is CN(CC(=O)CC#N)Cc1ccc2[nH]c(=O)[nH]c2c1. The van der Waals surface area contributed by atoms with Gasteiger partial charge in [0.1, 0.15) is 0 Å². The Morgan fingerprint density at radius 2 is 2.11 bits per heavy atom. The molecule has 0 aliphatic carbocycles. The van der Waals surface area contributed by atoms with Crippen LogP contribution in [0.25, 0.3) is 11.0 Å². The van der Waals surface area contributed by atoms with Crippen LogP contribution in [0.5, 0.6) is 0 Å². The molecule has 2 N–H and O–H groups in total. The third kappa shape index (κ3) is 3.30. The van der Waals surface area contributed by atoms with Crippen molar-refractivity contribution in [3.8, 4) is 6.07 Å². The maximum atomic E-state index is 11.3. The molecule has 19 heavy (non-hydrogen) atoms. The average Bonchev–Trinajstić information content (AvgIpc) is 2.68. The second-order valence-corrected chi connectivity index (χ2v) is 4.50. The predicted octanol–water partition coefficient (Wildman–Crippen LogP) is 0.771. The summed E-state index contributed by atoms with van der Waals surface area (Å²) in [6.45, 7) is 0.829. The minimum absolute atomic E-state index is 0.0610. The molecule has 0 spiro atoms. The standard InChI is InChI=1S/C13H14N4O2/c1-17(8-10(18)4-5-14)7-9-2-3-11-12(6-9)16-13(19)15-11/h2-3,6H,4,7-8H2,1H3,(H2,15,16,19). The first-order valence-corrected chi connectivity index (χ1v) is 5.86. The lowest BCUT2D eigenvalue weighted by atomic mass is 10.2. The summed E-state index contributed by atoms with van der Waals surface area (Å²) in [5, 5.41) is 8.43. The first-order chi connectivity index (χ1) is 9.08. The van der Waals surface area contributed by atoms with Gasteiger partial charge in [-0.2, -0.15) is 5.26 Å². The number of nitriles is 1. The van der Waals surface area contributed by atoms with Crippen molar-refractivity contribution >= 4 is 16.8 Å². The van der Waals surface area contributed by atoms with Gasteiger partial charge in [-0.3, -0.25) is 9.69 Å². The fraction of sp³-hybridized carbons (Fsp3) is 0.308. The number of carbonyl (C=O) groups is 1. The van der Waals surface area contributed by atoms with E-state index in [0.717, 1.165) is 16.6 Å². The van der Waals surface area contributed by atoms with Crippen LogP contribution in [0.2, 0.25) is 0 Å². The molecule has 0 saturated carbocycles. The van der Waals surface area contributed by atoms with Crippen molar-refractivity contribution in [2.75, 3.05) is 13.6 Å². The molecule has 2 aromatic rings.